The Balaban J connectivity index is 2.31. The Morgan fingerprint density at radius 2 is 2.10 bits per heavy atom. The van der Waals surface area contributed by atoms with Crippen molar-refractivity contribution in [2.75, 3.05) is 0 Å². The Morgan fingerprint density at radius 1 is 1.38 bits per heavy atom. The van der Waals surface area contributed by atoms with E-state index in [-0.39, 0.29) is 23.8 Å². The van der Waals surface area contributed by atoms with Gasteiger partial charge in [-0.25, -0.2) is 0 Å². The highest BCUT2D eigenvalue weighted by atomic mass is 16.5. The molecule has 3 unspecified atom stereocenters. The standard InChI is InChI=1S/C17H19NO3/c1-5-16(21-12(4)19)14-7-6-8-15-13(14)9-10-18(11(2)3)17(15)20/h1,6-11,13,15-16H,2-4H3. The van der Waals surface area contributed by atoms with E-state index in [1.54, 1.807) is 17.2 Å². The molecule has 1 aliphatic carbocycles. The maximum Gasteiger partial charge on any atom is 0.304 e. The first-order chi connectivity index (χ1) is 9.95. The number of hydrogen-bond acceptors (Lipinski definition) is 3. The van der Waals surface area contributed by atoms with E-state index in [1.165, 1.54) is 6.92 Å². The molecular formula is C17H19NO3. The molecule has 4 nitrogen and oxygen atoms in total. The first-order valence-electron chi connectivity index (χ1n) is 6.97. The van der Waals surface area contributed by atoms with Crippen LogP contribution in [0, 0.1) is 24.2 Å². The molecule has 21 heavy (non-hydrogen) atoms. The molecule has 0 aromatic carbocycles. The normalized spacial score (nSPS) is 25.2. The summed E-state index contributed by atoms with van der Waals surface area (Å²) in [5.41, 5.74) is 0.771. The molecule has 0 bridgehead atoms. The molecule has 0 saturated heterocycles. The van der Waals surface area contributed by atoms with E-state index in [4.69, 9.17) is 11.2 Å². The summed E-state index contributed by atoms with van der Waals surface area (Å²) >= 11 is 0. The van der Waals surface area contributed by atoms with Crippen LogP contribution in [0.15, 0.2) is 36.1 Å². The number of fused-ring (bicyclic) bond motifs is 1. The molecule has 4 heteroatoms. The van der Waals surface area contributed by atoms with Gasteiger partial charge in [-0.2, -0.15) is 0 Å². The fourth-order valence-electron chi connectivity index (χ4n) is 2.68. The zero-order valence-corrected chi connectivity index (χ0v) is 12.4. The SMILES string of the molecule is C#CC(OC(C)=O)C1=CC=CC2C(=O)N(C(C)C)C=CC12. The van der Waals surface area contributed by atoms with Crippen molar-refractivity contribution < 1.29 is 14.3 Å². The molecule has 110 valence electrons. The van der Waals surface area contributed by atoms with Crippen molar-refractivity contribution in [2.45, 2.75) is 32.9 Å². The third-order valence-corrected chi connectivity index (χ3v) is 3.67. The van der Waals surface area contributed by atoms with E-state index in [0.717, 1.165) is 5.57 Å². The predicted octanol–water partition coefficient (Wildman–Crippen LogP) is 2.04. The molecule has 0 aromatic heterocycles. The van der Waals surface area contributed by atoms with Crippen LogP contribution in [0.5, 0.6) is 0 Å². The maximum atomic E-state index is 12.5. The highest BCUT2D eigenvalue weighted by Gasteiger charge is 2.38. The van der Waals surface area contributed by atoms with Gasteiger partial charge in [0, 0.05) is 25.1 Å². The van der Waals surface area contributed by atoms with Gasteiger partial charge in [-0.15, -0.1) is 6.42 Å². The largest absolute Gasteiger partial charge is 0.445 e. The lowest BCUT2D eigenvalue weighted by Gasteiger charge is -2.37. The summed E-state index contributed by atoms with van der Waals surface area (Å²) in [4.78, 5) is 25.4. The van der Waals surface area contributed by atoms with E-state index in [9.17, 15) is 9.59 Å². The summed E-state index contributed by atoms with van der Waals surface area (Å²) in [7, 11) is 0. The Kier molecular flexibility index (Phi) is 4.32. The second-order valence-electron chi connectivity index (χ2n) is 5.44. The number of esters is 1. The van der Waals surface area contributed by atoms with Crippen LogP contribution in [0.3, 0.4) is 0 Å². The van der Waals surface area contributed by atoms with Crippen LogP contribution in [0.4, 0.5) is 0 Å². The van der Waals surface area contributed by atoms with Crippen molar-refractivity contribution in [2.24, 2.45) is 11.8 Å². The Hall–Kier alpha value is -2.28. The number of amides is 1. The maximum absolute atomic E-state index is 12.5. The molecular weight excluding hydrogens is 266 g/mol. The fraction of sp³-hybridized carbons (Fsp3) is 0.412. The average molecular weight is 285 g/mol. The number of nitrogens with zero attached hydrogens (tertiary/aromatic N) is 1. The van der Waals surface area contributed by atoms with Crippen molar-refractivity contribution >= 4 is 11.9 Å². The quantitative estimate of drug-likeness (QED) is 0.589. The molecule has 0 spiro atoms. The van der Waals surface area contributed by atoms with Crippen LogP contribution in [0.2, 0.25) is 0 Å². The van der Waals surface area contributed by atoms with Crippen molar-refractivity contribution in [3.05, 3.63) is 36.1 Å². The van der Waals surface area contributed by atoms with Gasteiger partial charge >= 0.3 is 5.97 Å². The second-order valence-corrected chi connectivity index (χ2v) is 5.44. The summed E-state index contributed by atoms with van der Waals surface area (Å²) in [6.07, 6.45) is 14.0. The minimum Gasteiger partial charge on any atom is -0.445 e. The van der Waals surface area contributed by atoms with Crippen LogP contribution >= 0.6 is 0 Å². The number of terminal acetylenes is 1. The van der Waals surface area contributed by atoms with Gasteiger partial charge in [-0.1, -0.05) is 30.2 Å². The van der Waals surface area contributed by atoms with E-state index in [0.29, 0.717) is 0 Å². The average Bonchev–Trinajstić information content (AvgIpc) is 2.44. The molecule has 2 aliphatic rings. The zero-order chi connectivity index (χ0) is 15.6. The van der Waals surface area contributed by atoms with Gasteiger partial charge in [0.2, 0.25) is 5.91 Å². The van der Waals surface area contributed by atoms with Gasteiger partial charge in [-0.3, -0.25) is 9.59 Å². The minimum atomic E-state index is -0.733. The van der Waals surface area contributed by atoms with E-state index >= 15 is 0 Å². The lowest BCUT2D eigenvalue weighted by atomic mass is 9.77. The number of hydrogen-bond donors (Lipinski definition) is 0. The smallest absolute Gasteiger partial charge is 0.304 e. The lowest BCUT2D eigenvalue weighted by molar-refractivity contribution is -0.142. The number of carbonyl (C=O) groups excluding carboxylic acids is 2. The summed E-state index contributed by atoms with van der Waals surface area (Å²) < 4.78 is 5.16. The number of carbonyl (C=O) groups is 2. The summed E-state index contributed by atoms with van der Waals surface area (Å²) in [6, 6.07) is 0.106. The molecule has 3 atom stereocenters. The molecule has 1 amide bonds. The van der Waals surface area contributed by atoms with Crippen molar-refractivity contribution in [3.63, 3.8) is 0 Å². The van der Waals surface area contributed by atoms with Gasteiger partial charge in [0.25, 0.3) is 0 Å². The molecule has 1 aliphatic heterocycles. The Bertz CT molecular complexity index is 577. The predicted molar refractivity (Wildman–Crippen MR) is 79.7 cm³/mol. The molecule has 2 rings (SSSR count). The lowest BCUT2D eigenvalue weighted by Crippen LogP contribution is -2.44. The highest BCUT2D eigenvalue weighted by molar-refractivity contribution is 5.84. The first-order valence-corrected chi connectivity index (χ1v) is 6.97. The van der Waals surface area contributed by atoms with Crippen molar-refractivity contribution in [1.29, 1.82) is 0 Å². The van der Waals surface area contributed by atoms with Gasteiger partial charge in [0.15, 0.2) is 6.10 Å². The third kappa shape index (κ3) is 2.92. The number of rotatable bonds is 3. The van der Waals surface area contributed by atoms with Crippen LogP contribution < -0.4 is 0 Å². The van der Waals surface area contributed by atoms with Gasteiger partial charge < -0.3 is 9.64 Å². The topological polar surface area (TPSA) is 46.6 Å². The number of ether oxygens (including phenoxy) is 1. The first kappa shape index (κ1) is 15.1. The molecule has 0 aromatic rings. The van der Waals surface area contributed by atoms with E-state index in [1.807, 2.05) is 32.1 Å². The molecule has 1 heterocycles. The Morgan fingerprint density at radius 3 is 2.67 bits per heavy atom. The summed E-state index contributed by atoms with van der Waals surface area (Å²) in [5.74, 6) is 1.65. The van der Waals surface area contributed by atoms with Crippen LogP contribution in [-0.4, -0.2) is 28.9 Å². The highest BCUT2D eigenvalue weighted by Crippen LogP contribution is 2.35. The fourth-order valence-corrected chi connectivity index (χ4v) is 2.68. The second kappa shape index (κ2) is 6.01. The Labute approximate surface area is 125 Å². The zero-order valence-electron chi connectivity index (χ0n) is 12.4. The molecule has 0 radical (unpaired) electrons. The van der Waals surface area contributed by atoms with Gasteiger partial charge in [-0.05, 0) is 19.4 Å². The monoisotopic (exact) mass is 285 g/mol. The van der Waals surface area contributed by atoms with Gasteiger partial charge in [0.1, 0.15) is 0 Å². The van der Waals surface area contributed by atoms with Gasteiger partial charge in [0.05, 0.1) is 5.92 Å². The van der Waals surface area contributed by atoms with Crippen molar-refractivity contribution in [1.82, 2.24) is 4.90 Å². The van der Waals surface area contributed by atoms with E-state index in [2.05, 4.69) is 5.92 Å². The third-order valence-electron chi connectivity index (χ3n) is 3.67. The van der Waals surface area contributed by atoms with Crippen molar-refractivity contribution in [3.8, 4) is 12.3 Å². The molecule has 0 N–H and O–H groups in total. The molecule has 0 saturated carbocycles. The van der Waals surface area contributed by atoms with E-state index < -0.39 is 12.1 Å². The summed E-state index contributed by atoms with van der Waals surface area (Å²) in [5, 5.41) is 0. The summed E-state index contributed by atoms with van der Waals surface area (Å²) in [6.45, 7) is 5.26. The molecule has 0 fully saturated rings. The van der Waals surface area contributed by atoms with Crippen LogP contribution in [0.25, 0.3) is 0 Å². The van der Waals surface area contributed by atoms with Crippen LogP contribution in [-0.2, 0) is 14.3 Å². The minimum absolute atomic E-state index is 0.0398. The van der Waals surface area contributed by atoms with Crippen LogP contribution in [0.1, 0.15) is 20.8 Å². The number of allylic oxidation sites excluding steroid dienone is 3.